The van der Waals surface area contributed by atoms with Crippen LogP contribution in [0.5, 0.6) is 0 Å². The molecule has 1 saturated carbocycles. The van der Waals surface area contributed by atoms with Gasteiger partial charge in [-0.15, -0.1) is 0 Å². The summed E-state index contributed by atoms with van der Waals surface area (Å²) in [7, 11) is 0. The third-order valence-electron chi connectivity index (χ3n) is 3.30. The largest absolute Gasteiger partial charge is 0.393 e. The second-order valence-corrected chi connectivity index (χ2v) is 5.16. The number of aliphatic hydroxyl groups excluding tert-OH is 1. The predicted octanol–water partition coefficient (Wildman–Crippen LogP) is 0.695. The predicted molar refractivity (Wildman–Crippen MR) is 52.1 cm³/mol. The fourth-order valence-corrected chi connectivity index (χ4v) is 4.18. The SMILES string of the molecule is NCC1C2CSCC1CC(O)C2. The van der Waals surface area contributed by atoms with Gasteiger partial charge in [0.25, 0.3) is 0 Å². The summed E-state index contributed by atoms with van der Waals surface area (Å²) in [6.45, 7) is 0.822. The van der Waals surface area contributed by atoms with Gasteiger partial charge in [-0.05, 0) is 48.6 Å². The van der Waals surface area contributed by atoms with Crippen molar-refractivity contribution in [3.63, 3.8) is 0 Å². The Kier molecular flexibility index (Phi) is 2.63. The minimum Gasteiger partial charge on any atom is -0.393 e. The number of aliphatic hydroxyl groups is 1. The lowest BCUT2D eigenvalue weighted by atomic mass is 9.72. The number of hydrogen-bond acceptors (Lipinski definition) is 3. The molecule has 2 fully saturated rings. The summed E-state index contributed by atoms with van der Waals surface area (Å²) < 4.78 is 0. The summed E-state index contributed by atoms with van der Waals surface area (Å²) in [6.07, 6.45) is 1.94. The lowest BCUT2D eigenvalue weighted by molar-refractivity contribution is 0.0426. The molecular weight excluding hydrogens is 170 g/mol. The minimum atomic E-state index is -0.0382. The highest BCUT2D eigenvalue weighted by molar-refractivity contribution is 7.99. The van der Waals surface area contributed by atoms with Crippen LogP contribution in [0.2, 0.25) is 0 Å². The van der Waals surface area contributed by atoms with Crippen LogP contribution in [0.3, 0.4) is 0 Å². The fraction of sp³-hybridized carbons (Fsp3) is 1.00. The molecule has 2 rings (SSSR count). The van der Waals surface area contributed by atoms with Gasteiger partial charge in [-0.1, -0.05) is 0 Å². The summed E-state index contributed by atoms with van der Waals surface area (Å²) in [6, 6.07) is 0. The van der Waals surface area contributed by atoms with Crippen LogP contribution >= 0.6 is 11.8 Å². The van der Waals surface area contributed by atoms with Gasteiger partial charge in [-0.3, -0.25) is 0 Å². The minimum absolute atomic E-state index is 0.0382. The average Bonchev–Trinajstić information content (AvgIpc) is 2.02. The van der Waals surface area contributed by atoms with Crippen LogP contribution in [-0.4, -0.2) is 29.3 Å². The van der Waals surface area contributed by atoms with Crippen molar-refractivity contribution in [2.45, 2.75) is 18.9 Å². The van der Waals surface area contributed by atoms with E-state index in [9.17, 15) is 5.11 Å². The lowest BCUT2D eigenvalue weighted by Gasteiger charge is -2.43. The van der Waals surface area contributed by atoms with Crippen molar-refractivity contribution in [2.24, 2.45) is 23.5 Å². The van der Waals surface area contributed by atoms with Gasteiger partial charge in [-0.25, -0.2) is 0 Å². The maximum absolute atomic E-state index is 9.58. The normalized spacial score (nSPS) is 47.5. The molecule has 2 bridgehead atoms. The Labute approximate surface area is 77.9 Å². The van der Waals surface area contributed by atoms with E-state index in [0.29, 0.717) is 17.8 Å². The third-order valence-corrected chi connectivity index (χ3v) is 4.62. The molecule has 12 heavy (non-hydrogen) atoms. The van der Waals surface area contributed by atoms with Gasteiger partial charge >= 0.3 is 0 Å². The zero-order chi connectivity index (χ0) is 8.55. The van der Waals surface area contributed by atoms with E-state index in [2.05, 4.69) is 0 Å². The molecule has 0 amide bonds. The molecule has 2 nitrogen and oxygen atoms in total. The van der Waals surface area contributed by atoms with Crippen molar-refractivity contribution in [3.8, 4) is 0 Å². The number of nitrogens with two attached hydrogens (primary N) is 1. The topological polar surface area (TPSA) is 46.2 Å². The molecule has 0 aromatic rings. The molecule has 0 spiro atoms. The first-order valence-corrected chi connectivity index (χ1v) is 5.92. The van der Waals surface area contributed by atoms with Crippen LogP contribution in [0.15, 0.2) is 0 Å². The lowest BCUT2D eigenvalue weighted by Crippen LogP contribution is -2.44. The van der Waals surface area contributed by atoms with Crippen LogP contribution in [0.25, 0.3) is 0 Å². The molecular formula is C9H17NOS. The third kappa shape index (κ3) is 1.50. The Morgan fingerprint density at radius 1 is 1.25 bits per heavy atom. The van der Waals surface area contributed by atoms with Crippen molar-refractivity contribution < 1.29 is 5.11 Å². The first-order chi connectivity index (χ1) is 5.81. The van der Waals surface area contributed by atoms with Crippen molar-refractivity contribution in [1.82, 2.24) is 0 Å². The summed E-state index contributed by atoms with van der Waals surface area (Å²) in [5, 5.41) is 9.58. The number of rotatable bonds is 1. The Balaban J connectivity index is 2.06. The number of fused-ring (bicyclic) bond motifs is 2. The summed E-state index contributed by atoms with van der Waals surface area (Å²) in [5.74, 6) is 4.53. The monoisotopic (exact) mass is 187 g/mol. The van der Waals surface area contributed by atoms with E-state index in [1.165, 1.54) is 11.5 Å². The van der Waals surface area contributed by atoms with Crippen LogP contribution in [0.1, 0.15) is 12.8 Å². The second kappa shape index (κ2) is 3.56. The molecule has 2 unspecified atom stereocenters. The van der Waals surface area contributed by atoms with E-state index < -0.39 is 0 Å². The highest BCUT2D eigenvalue weighted by Crippen LogP contribution is 2.42. The number of hydrogen-bond donors (Lipinski definition) is 2. The molecule has 1 heterocycles. The van der Waals surface area contributed by atoms with Gasteiger partial charge < -0.3 is 10.8 Å². The van der Waals surface area contributed by atoms with Gasteiger partial charge in [0.1, 0.15) is 0 Å². The van der Waals surface area contributed by atoms with Crippen molar-refractivity contribution in [1.29, 1.82) is 0 Å². The average molecular weight is 187 g/mol. The van der Waals surface area contributed by atoms with Gasteiger partial charge in [0.15, 0.2) is 0 Å². The molecule has 0 aromatic carbocycles. The van der Waals surface area contributed by atoms with Crippen molar-refractivity contribution in [3.05, 3.63) is 0 Å². The number of thioether (sulfide) groups is 1. The van der Waals surface area contributed by atoms with E-state index in [-0.39, 0.29) is 6.10 Å². The van der Waals surface area contributed by atoms with Gasteiger partial charge in [-0.2, -0.15) is 11.8 Å². The summed E-state index contributed by atoms with van der Waals surface area (Å²) in [4.78, 5) is 0. The molecule has 3 heteroatoms. The van der Waals surface area contributed by atoms with Crippen molar-refractivity contribution >= 4 is 11.8 Å². The van der Waals surface area contributed by atoms with Crippen LogP contribution in [0, 0.1) is 17.8 Å². The standard InChI is InChI=1S/C9H17NOS/c10-3-9-6-1-8(11)2-7(9)5-12-4-6/h6-9,11H,1-5,10H2. The molecule has 0 aromatic heterocycles. The highest BCUT2D eigenvalue weighted by Gasteiger charge is 2.38. The van der Waals surface area contributed by atoms with Gasteiger partial charge in [0, 0.05) is 0 Å². The Hall–Kier alpha value is 0.270. The van der Waals surface area contributed by atoms with Crippen LogP contribution in [0.4, 0.5) is 0 Å². The van der Waals surface area contributed by atoms with Crippen molar-refractivity contribution in [2.75, 3.05) is 18.1 Å². The van der Waals surface area contributed by atoms with Crippen LogP contribution in [-0.2, 0) is 0 Å². The van der Waals surface area contributed by atoms with E-state index in [1.807, 2.05) is 11.8 Å². The summed E-state index contributed by atoms with van der Waals surface area (Å²) in [5.41, 5.74) is 5.75. The smallest absolute Gasteiger partial charge is 0.0546 e. The molecule has 1 saturated heterocycles. The zero-order valence-electron chi connectivity index (χ0n) is 7.28. The first kappa shape index (κ1) is 8.85. The van der Waals surface area contributed by atoms with E-state index in [0.717, 1.165) is 19.4 Å². The second-order valence-electron chi connectivity index (χ2n) is 4.08. The molecule has 1 aliphatic carbocycles. The maximum atomic E-state index is 9.58. The van der Waals surface area contributed by atoms with Gasteiger partial charge in [0.2, 0.25) is 0 Å². The van der Waals surface area contributed by atoms with Gasteiger partial charge in [0.05, 0.1) is 6.10 Å². The van der Waals surface area contributed by atoms with Crippen LogP contribution < -0.4 is 5.73 Å². The first-order valence-electron chi connectivity index (χ1n) is 4.77. The fourth-order valence-electron chi connectivity index (χ4n) is 2.67. The molecule has 2 atom stereocenters. The molecule has 70 valence electrons. The molecule has 1 aliphatic heterocycles. The summed E-state index contributed by atoms with van der Waals surface area (Å²) >= 11 is 2.04. The van der Waals surface area contributed by atoms with E-state index >= 15 is 0 Å². The highest BCUT2D eigenvalue weighted by atomic mass is 32.2. The molecule has 2 aliphatic rings. The Morgan fingerprint density at radius 3 is 2.33 bits per heavy atom. The Bertz CT molecular complexity index is 151. The maximum Gasteiger partial charge on any atom is 0.0546 e. The molecule has 3 N–H and O–H groups in total. The van der Waals surface area contributed by atoms with E-state index in [4.69, 9.17) is 5.73 Å². The Morgan fingerprint density at radius 2 is 1.83 bits per heavy atom. The zero-order valence-corrected chi connectivity index (χ0v) is 8.09. The molecule has 0 radical (unpaired) electrons. The van der Waals surface area contributed by atoms with E-state index in [1.54, 1.807) is 0 Å². The quantitative estimate of drug-likeness (QED) is 0.635.